The number of para-hydroxylation sites is 1. The third-order valence-electron chi connectivity index (χ3n) is 6.71. The SMILES string of the molecule is CCn1c2ccccc2c2cc(NC(=O)c3ccc(CN4CCCC(C)C4)cc3)ccc21. The highest BCUT2D eigenvalue weighted by molar-refractivity contribution is 6.11. The summed E-state index contributed by atoms with van der Waals surface area (Å²) in [6, 6.07) is 22.7. The fourth-order valence-electron chi connectivity index (χ4n) is 5.13. The number of hydrogen-bond acceptors (Lipinski definition) is 2. The lowest BCUT2D eigenvalue weighted by molar-refractivity contribution is 0.102. The lowest BCUT2D eigenvalue weighted by atomic mass is 9.99. The van der Waals surface area contributed by atoms with Gasteiger partial charge in [-0.05, 0) is 74.2 Å². The molecule has 4 heteroatoms. The largest absolute Gasteiger partial charge is 0.341 e. The standard InChI is InChI=1S/C28H31N3O/c1-3-31-26-9-5-4-8-24(26)25-17-23(14-15-27(25)31)29-28(32)22-12-10-21(11-13-22)19-30-16-6-7-20(2)18-30/h4-5,8-15,17,20H,3,6-7,16,18-19H2,1-2H3,(H,29,32). The second-order valence-electron chi connectivity index (χ2n) is 9.13. The molecule has 1 fully saturated rings. The molecule has 32 heavy (non-hydrogen) atoms. The van der Waals surface area contributed by atoms with Crippen molar-refractivity contribution in [2.45, 2.75) is 39.8 Å². The Morgan fingerprint density at radius 1 is 1.00 bits per heavy atom. The summed E-state index contributed by atoms with van der Waals surface area (Å²) in [7, 11) is 0. The molecule has 1 saturated heterocycles. The Morgan fingerprint density at radius 3 is 2.56 bits per heavy atom. The van der Waals surface area contributed by atoms with Gasteiger partial charge in [-0.1, -0.05) is 37.3 Å². The molecular formula is C28H31N3O. The van der Waals surface area contributed by atoms with Gasteiger partial charge in [0.05, 0.1) is 0 Å². The van der Waals surface area contributed by atoms with Crippen LogP contribution in [0.25, 0.3) is 21.8 Å². The van der Waals surface area contributed by atoms with Gasteiger partial charge in [0.1, 0.15) is 0 Å². The quantitative estimate of drug-likeness (QED) is 0.407. The third kappa shape index (κ3) is 4.03. The molecule has 0 radical (unpaired) electrons. The molecule has 5 rings (SSSR count). The molecule has 1 aliphatic rings. The van der Waals surface area contributed by atoms with Gasteiger partial charge < -0.3 is 9.88 Å². The number of nitrogens with zero attached hydrogens (tertiary/aromatic N) is 2. The van der Waals surface area contributed by atoms with Gasteiger partial charge in [-0.25, -0.2) is 0 Å². The number of amides is 1. The molecule has 2 heterocycles. The molecule has 1 amide bonds. The Morgan fingerprint density at radius 2 is 1.78 bits per heavy atom. The van der Waals surface area contributed by atoms with Gasteiger partial charge >= 0.3 is 0 Å². The minimum Gasteiger partial charge on any atom is -0.341 e. The molecule has 0 bridgehead atoms. The van der Waals surface area contributed by atoms with Crippen molar-refractivity contribution in [3.63, 3.8) is 0 Å². The van der Waals surface area contributed by atoms with E-state index in [1.807, 2.05) is 18.2 Å². The summed E-state index contributed by atoms with van der Waals surface area (Å²) in [5.41, 5.74) is 5.21. The zero-order valence-corrected chi connectivity index (χ0v) is 19.0. The topological polar surface area (TPSA) is 37.3 Å². The number of fused-ring (bicyclic) bond motifs is 3. The van der Waals surface area contributed by atoms with E-state index in [4.69, 9.17) is 0 Å². The number of piperidine rings is 1. The summed E-state index contributed by atoms with van der Waals surface area (Å²) in [6.07, 6.45) is 2.61. The normalized spacial score (nSPS) is 17.1. The highest BCUT2D eigenvalue weighted by Crippen LogP contribution is 2.31. The highest BCUT2D eigenvalue weighted by atomic mass is 16.1. The summed E-state index contributed by atoms with van der Waals surface area (Å²) in [5, 5.41) is 5.48. The molecular weight excluding hydrogens is 394 g/mol. The first-order valence-corrected chi connectivity index (χ1v) is 11.8. The number of anilines is 1. The zero-order valence-electron chi connectivity index (χ0n) is 19.0. The Hall–Kier alpha value is -3.11. The van der Waals surface area contributed by atoms with Crippen molar-refractivity contribution >= 4 is 33.4 Å². The van der Waals surface area contributed by atoms with Crippen molar-refractivity contribution < 1.29 is 4.79 Å². The number of aryl methyl sites for hydroxylation is 1. The summed E-state index contributed by atoms with van der Waals surface area (Å²) < 4.78 is 2.32. The second-order valence-corrected chi connectivity index (χ2v) is 9.13. The van der Waals surface area contributed by atoms with Crippen LogP contribution >= 0.6 is 0 Å². The maximum absolute atomic E-state index is 12.9. The average molecular weight is 426 g/mol. The van der Waals surface area contributed by atoms with E-state index in [2.05, 4.69) is 77.2 Å². The van der Waals surface area contributed by atoms with Gasteiger partial charge in [0, 0.05) is 52.7 Å². The maximum Gasteiger partial charge on any atom is 0.255 e. The first-order chi connectivity index (χ1) is 15.6. The van der Waals surface area contributed by atoms with E-state index in [0.29, 0.717) is 5.56 Å². The number of carbonyl (C=O) groups excluding carboxylic acids is 1. The van der Waals surface area contributed by atoms with Crippen LogP contribution in [0, 0.1) is 5.92 Å². The van der Waals surface area contributed by atoms with Crippen molar-refractivity contribution in [2.75, 3.05) is 18.4 Å². The highest BCUT2D eigenvalue weighted by Gasteiger charge is 2.16. The molecule has 1 aliphatic heterocycles. The number of hydrogen-bond donors (Lipinski definition) is 1. The fourth-order valence-corrected chi connectivity index (χ4v) is 5.13. The number of aromatic nitrogens is 1. The summed E-state index contributed by atoms with van der Waals surface area (Å²) in [6.45, 7) is 8.71. The lowest BCUT2D eigenvalue weighted by Gasteiger charge is -2.30. The minimum atomic E-state index is -0.0678. The van der Waals surface area contributed by atoms with Gasteiger partial charge in [0.2, 0.25) is 0 Å². The van der Waals surface area contributed by atoms with E-state index in [0.717, 1.165) is 24.7 Å². The molecule has 1 atom stereocenters. The van der Waals surface area contributed by atoms with Crippen LogP contribution in [0.3, 0.4) is 0 Å². The van der Waals surface area contributed by atoms with Crippen molar-refractivity contribution in [3.05, 3.63) is 77.9 Å². The minimum absolute atomic E-state index is 0.0678. The van der Waals surface area contributed by atoms with Gasteiger partial charge in [-0.2, -0.15) is 0 Å². The van der Waals surface area contributed by atoms with Gasteiger partial charge in [-0.15, -0.1) is 0 Å². The molecule has 1 aromatic heterocycles. The van der Waals surface area contributed by atoms with Crippen molar-refractivity contribution in [1.82, 2.24) is 9.47 Å². The predicted octanol–water partition coefficient (Wildman–Crippen LogP) is 6.30. The van der Waals surface area contributed by atoms with E-state index in [1.165, 1.54) is 53.3 Å². The molecule has 3 aromatic carbocycles. The van der Waals surface area contributed by atoms with Crippen molar-refractivity contribution in [2.24, 2.45) is 5.92 Å². The summed E-state index contributed by atoms with van der Waals surface area (Å²) >= 11 is 0. The summed E-state index contributed by atoms with van der Waals surface area (Å²) in [5.74, 6) is 0.708. The molecule has 4 aromatic rings. The van der Waals surface area contributed by atoms with E-state index in [9.17, 15) is 4.79 Å². The average Bonchev–Trinajstić information content (AvgIpc) is 3.12. The van der Waals surface area contributed by atoms with E-state index in [-0.39, 0.29) is 5.91 Å². The molecule has 1 N–H and O–H groups in total. The van der Waals surface area contributed by atoms with Gasteiger partial charge in [0.15, 0.2) is 0 Å². The van der Waals surface area contributed by atoms with Crippen LogP contribution in [0.1, 0.15) is 42.6 Å². The maximum atomic E-state index is 12.9. The molecule has 0 spiro atoms. The molecule has 0 aliphatic carbocycles. The van der Waals surface area contributed by atoms with Crippen molar-refractivity contribution in [1.29, 1.82) is 0 Å². The van der Waals surface area contributed by atoms with Gasteiger partial charge in [0.25, 0.3) is 5.91 Å². The van der Waals surface area contributed by atoms with E-state index >= 15 is 0 Å². The van der Waals surface area contributed by atoms with Crippen molar-refractivity contribution in [3.8, 4) is 0 Å². The van der Waals surface area contributed by atoms with Crippen LogP contribution in [0.2, 0.25) is 0 Å². The fraction of sp³-hybridized carbons (Fsp3) is 0.321. The Labute approximate surface area is 189 Å². The third-order valence-corrected chi connectivity index (χ3v) is 6.71. The summed E-state index contributed by atoms with van der Waals surface area (Å²) in [4.78, 5) is 15.4. The van der Waals surface area contributed by atoms with E-state index < -0.39 is 0 Å². The van der Waals surface area contributed by atoms with Crippen LogP contribution in [0.4, 0.5) is 5.69 Å². The number of rotatable bonds is 5. The molecule has 164 valence electrons. The number of carbonyl (C=O) groups is 1. The Kier molecular flexibility index (Phi) is 5.71. The lowest BCUT2D eigenvalue weighted by Crippen LogP contribution is -2.33. The van der Waals surface area contributed by atoms with Crippen LogP contribution in [-0.4, -0.2) is 28.5 Å². The van der Waals surface area contributed by atoms with Crippen LogP contribution < -0.4 is 5.32 Å². The number of likely N-dealkylation sites (tertiary alicyclic amines) is 1. The molecule has 0 saturated carbocycles. The molecule has 4 nitrogen and oxygen atoms in total. The van der Waals surface area contributed by atoms with Crippen LogP contribution in [0.5, 0.6) is 0 Å². The Bertz CT molecular complexity index is 1260. The molecule has 1 unspecified atom stereocenters. The van der Waals surface area contributed by atoms with Crippen LogP contribution in [0.15, 0.2) is 66.7 Å². The van der Waals surface area contributed by atoms with E-state index in [1.54, 1.807) is 0 Å². The smallest absolute Gasteiger partial charge is 0.255 e. The van der Waals surface area contributed by atoms with Crippen LogP contribution in [-0.2, 0) is 13.1 Å². The Balaban J connectivity index is 1.33. The second kappa shape index (κ2) is 8.79. The first kappa shape index (κ1) is 20.8. The number of benzene rings is 3. The first-order valence-electron chi connectivity index (χ1n) is 11.8. The van der Waals surface area contributed by atoms with Gasteiger partial charge in [-0.3, -0.25) is 9.69 Å². The predicted molar refractivity (Wildman–Crippen MR) is 133 cm³/mol. The zero-order chi connectivity index (χ0) is 22.1. The monoisotopic (exact) mass is 425 g/mol. The number of nitrogens with one attached hydrogen (secondary N) is 1.